The van der Waals surface area contributed by atoms with Gasteiger partial charge in [-0.15, -0.1) is 0 Å². The molecule has 0 aliphatic heterocycles. The van der Waals surface area contributed by atoms with Crippen molar-refractivity contribution >= 4 is 0 Å². The van der Waals surface area contributed by atoms with Crippen LogP contribution in [-0.2, 0) is 0 Å². The van der Waals surface area contributed by atoms with Crippen LogP contribution in [0, 0.1) is 0 Å². The van der Waals surface area contributed by atoms with Crippen LogP contribution in [0.25, 0.3) is 0 Å². The lowest BCUT2D eigenvalue weighted by Crippen LogP contribution is -2.30. The van der Waals surface area contributed by atoms with E-state index >= 15 is 0 Å². The highest BCUT2D eigenvalue weighted by Crippen LogP contribution is 2.02. The molecular weight excluding hydrogens is 230 g/mol. The summed E-state index contributed by atoms with van der Waals surface area (Å²) in [6, 6.07) is 8.71. The van der Waals surface area contributed by atoms with Gasteiger partial charge in [-0.05, 0) is 25.1 Å². The molecule has 0 atom stereocenters. The molecule has 0 aliphatic carbocycles. The lowest BCUT2D eigenvalue weighted by Gasteiger charge is -2.19. The number of aliphatic hydroxyl groups excluding tert-OH is 2. The fourth-order valence-corrected chi connectivity index (χ4v) is 1.43. The third-order valence-electron chi connectivity index (χ3n) is 2.42. The van der Waals surface area contributed by atoms with E-state index in [-0.39, 0.29) is 13.2 Å². The van der Waals surface area contributed by atoms with Crippen molar-refractivity contribution in [2.75, 3.05) is 32.8 Å². The van der Waals surface area contributed by atoms with Crippen molar-refractivity contribution in [1.29, 1.82) is 0 Å². The molecule has 0 amide bonds. The Morgan fingerprint density at radius 1 is 0.944 bits per heavy atom. The molecule has 4 heteroatoms. The molecule has 1 aromatic rings. The Balaban J connectivity index is 0.000000351. The number of benzene rings is 1. The highest BCUT2D eigenvalue weighted by atomic mass is 16.3. The number of phenols is 1. The maximum atomic E-state index is 8.64. The van der Waals surface area contributed by atoms with E-state index in [0.29, 0.717) is 18.8 Å². The Labute approximate surface area is 109 Å². The van der Waals surface area contributed by atoms with E-state index in [4.69, 9.17) is 15.3 Å². The van der Waals surface area contributed by atoms with Crippen LogP contribution in [0.4, 0.5) is 0 Å². The molecule has 1 rings (SSSR count). The van der Waals surface area contributed by atoms with Gasteiger partial charge in [0, 0.05) is 13.1 Å². The first kappa shape index (κ1) is 16.9. The maximum absolute atomic E-state index is 8.64. The van der Waals surface area contributed by atoms with Crippen molar-refractivity contribution in [2.45, 2.75) is 19.8 Å². The smallest absolute Gasteiger partial charge is 0.115 e. The monoisotopic (exact) mass is 255 g/mol. The van der Waals surface area contributed by atoms with Crippen LogP contribution in [0.3, 0.4) is 0 Å². The van der Waals surface area contributed by atoms with Gasteiger partial charge in [0.25, 0.3) is 0 Å². The summed E-state index contributed by atoms with van der Waals surface area (Å²) in [4.78, 5) is 2.07. The molecule has 0 saturated carbocycles. The number of aliphatic hydroxyl groups is 2. The van der Waals surface area contributed by atoms with E-state index in [9.17, 15) is 0 Å². The summed E-state index contributed by atoms with van der Waals surface area (Å²) < 4.78 is 0. The first-order valence-electron chi connectivity index (χ1n) is 6.42. The maximum Gasteiger partial charge on any atom is 0.115 e. The zero-order valence-electron chi connectivity index (χ0n) is 11.1. The number of para-hydroxylation sites is 1. The highest BCUT2D eigenvalue weighted by Gasteiger charge is 2.00. The summed E-state index contributed by atoms with van der Waals surface area (Å²) in [5, 5.41) is 25.9. The van der Waals surface area contributed by atoms with Gasteiger partial charge in [0.1, 0.15) is 5.75 Å². The molecule has 3 N–H and O–H groups in total. The van der Waals surface area contributed by atoms with E-state index in [1.54, 1.807) is 24.3 Å². The Morgan fingerprint density at radius 3 is 1.83 bits per heavy atom. The molecule has 18 heavy (non-hydrogen) atoms. The molecule has 0 aromatic heterocycles. The molecule has 0 unspecified atom stereocenters. The van der Waals surface area contributed by atoms with Crippen LogP contribution in [0.1, 0.15) is 19.8 Å². The molecule has 0 radical (unpaired) electrons. The van der Waals surface area contributed by atoms with E-state index in [1.165, 1.54) is 0 Å². The summed E-state index contributed by atoms with van der Waals surface area (Å²) in [7, 11) is 0. The number of nitrogens with zero attached hydrogens (tertiary/aromatic N) is 1. The van der Waals surface area contributed by atoms with Gasteiger partial charge >= 0.3 is 0 Å². The van der Waals surface area contributed by atoms with Crippen molar-refractivity contribution in [3.63, 3.8) is 0 Å². The second-order valence-corrected chi connectivity index (χ2v) is 3.98. The van der Waals surface area contributed by atoms with Crippen molar-refractivity contribution in [3.8, 4) is 5.75 Å². The van der Waals surface area contributed by atoms with Crippen LogP contribution >= 0.6 is 0 Å². The predicted molar refractivity (Wildman–Crippen MR) is 73.6 cm³/mol. The molecule has 0 spiro atoms. The molecule has 0 aliphatic rings. The topological polar surface area (TPSA) is 63.9 Å². The molecule has 0 bridgehead atoms. The first-order chi connectivity index (χ1) is 8.74. The number of hydrogen-bond donors (Lipinski definition) is 3. The number of unbranched alkanes of at least 4 members (excludes halogenated alkanes) is 1. The second-order valence-electron chi connectivity index (χ2n) is 3.98. The van der Waals surface area contributed by atoms with Gasteiger partial charge in [-0.1, -0.05) is 31.5 Å². The summed E-state index contributed by atoms with van der Waals surface area (Å²) in [5.41, 5.74) is 0. The normalized spacial score (nSPS) is 10.0. The van der Waals surface area contributed by atoms with Crippen molar-refractivity contribution in [2.24, 2.45) is 0 Å². The Kier molecular flexibility index (Phi) is 11.6. The zero-order chi connectivity index (χ0) is 13.6. The van der Waals surface area contributed by atoms with Crippen molar-refractivity contribution < 1.29 is 15.3 Å². The summed E-state index contributed by atoms with van der Waals surface area (Å²) in [6.07, 6.45) is 2.30. The predicted octanol–water partition coefficient (Wildman–Crippen LogP) is 1.47. The van der Waals surface area contributed by atoms with Gasteiger partial charge < -0.3 is 15.3 Å². The third-order valence-corrected chi connectivity index (χ3v) is 2.42. The summed E-state index contributed by atoms with van der Waals surface area (Å²) >= 11 is 0. The third kappa shape index (κ3) is 10.1. The van der Waals surface area contributed by atoms with E-state index < -0.39 is 0 Å². The van der Waals surface area contributed by atoms with Gasteiger partial charge in [0.2, 0.25) is 0 Å². The SMILES string of the molecule is CCCCN(CCO)CCO.Oc1ccccc1. The van der Waals surface area contributed by atoms with E-state index in [0.717, 1.165) is 19.4 Å². The van der Waals surface area contributed by atoms with E-state index in [1.807, 2.05) is 6.07 Å². The molecule has 0 heterocycles. The largest absolute Gasteiger partial charge is 0.508 e. The fourth-order valence-electron chi connectivity index (χ4n) is 1.43. The molecule has 0 fully saturated rings. The molecule has 0 saturated heterocycles. The van der Waals surface area contributed by atoms with Gasteiger partial charge in [0.05, 0.1) is 13.2 Å². The molecule has 1 aromatic carbocycles. The average molecular weight is 255 g/mol. The molecule has 4 nitrogen and oxygen atoms in total. The van der Waals surface area contributed by atoms with Crippen LogP contribution in [-0.4, -0.2) is 53.1 Å². The van der Waals surface area contributed by atoms with Crippen LogP contribution in [0.5, 0.6) is 5.75 Å². The van der Waals surface area contributed by atoms with Crippen molar-refractivity contribution in [3.05, 3.63) is 30.3 Å². The lowest BCUT2D eigenvalue weighted by molar-refractivity contribution is 0.159. The average Bonchev–Trinajstić information content (AvgIpc) is 2.38. The Bertz CT molecular complexity index is 261. The van der Waals surface area contributed by atoms with Crippen molar-refractivity contribution in [1.82, 2.24) is 4.90 Å². The number of hydrogen-bond acceptors (Lipinski definition) is 4. The quantitative estimate of drug-likeness (QED) is 0.690. The van der Waals surface area contributed by atoms with Gasteiger partial charge in [0.15, 0.2) is 0 Å². The summed E-state index contributed by atoms with van der Waals surface area (Å²) in [6.45, 7) is 4.85. The van der Waals surface area contributed by atoms with Gasteiger partial charge in [-0.25, -0.2) is 0 Å². The van der Waals surface area contributed by atoms with E-state index in [2.05, 4.69) is 11.8 Å². The second kappa shape index (κ2) is 12.4. The molecule has 104 valence electrons. The Hall–Kier alpha value is -1.10. The summed E-state index contributed by atoms with van der Waals surface area (Å²) in [5.74, 6) is 0.322. The number of rotatable bonds is 7. The zero-order valence-corrected chi connectivity index (χ0v) is 11.1. The minimum absolute atomic E-state index is 0.184. The fraction of sp³-hybridized carbons (Fsp3) is 0.571. The minimum atomic E-state index is 0.184. The minimum Gasteiger partial charge on any atom is -0.508 e. The van der Waals surface area contributed by atoms with Crippen LogP contribution < -0.4 is 0 Å². The molecular formula is C14H25NO3. The lowest BCUT2D eigenvalue weighted by atomic mass is 10.3. The number of phenolic OH excluding ortho intramolecular Hbond substituents is 1. The van der Waals surface area contributed by atoms with Gasteiger partial charge in [-0.3, -0.25) is 4.90 Å². The van der Waals surface area contributed by atoms with Gasteiger partial charge in [-0.2, -0.15) is 0 Å². The first-order valence-corrected chi connectivity index (χ1v) is 6.42. The number of aromatic hydroxyl groups is 1. The van der Waals surface area contributed by atoms with Crippen LogP contribution in [0.2, 0.25) is 0 Å². The standard InChI is InChI=1S/C8H19NO2.C6H6O/c1-2-3-4-9(5-7-10)6-8-11;7-6-4-2-1-3-5-6/h10-11H,2-8H2,1H3;1-5,7H. The van der Waals surface area contributed by atoms with Crippen LogP contribution in [0.15, 0.2) is 30.3 Å². The highest BCUT2D eigenvalue weighted by molar-refractivity contribution is 5.18. The Morgan fingerprint density at radius 2 is 1.50 bits per heavy atom.